The molecule has 3 heteroatoms. The van der Waals surface area contributed by atoms with Crippen molar-refractivity contribution < 1.29 is 9.47 Å². The van der Waals surface area contributed by atoms with Crippen LogP contribution in [0.5, 0.6) is 5.75 Å². The second kappa shape index (κ2) is 9.02. The maximum atomic E-state index is 5.73. The third-order valence-electron chi connectivity index (χ3n) is 2.50. The summed E-state index contributed by atoms with van der Waals surface area (Å²) < 4.78 is 11.1. The van der Waals surface area contributed by atoms with Crippen molar-refractivity contribution in [3.63, 3.8) is 0 Å². The Kier molecular flexibility index (Phi) is 7.43. The molecule has 0 aliphatic rings. The molecule has 1 atom stereocenters. The first-order chi connectivity index (χ1) is 8.36. The van der Waals surface area contributed by atoms with Gasteiger partial charge in [0.25, 0.3) is 0 Å². The smallest absolute Gasteiger partial charge is 0.119 e. The van der Waals surface area contributed by atoms with Gasteiger partial charge in [-0.15, -0.1) is 0 Å². The first kappa shape index (κ1) is 14.0. The Balaban J connectivity index is 2.28. The van der Waals surface area contributed by atoms with Crippen molar-refractivity contribution in [1.82, 2.24) is 5.32 Å². The number of benzene rings is 1. The van der Waals surface area contributed by atoms with Gasteiger partial charge in [0.2, 0.25) is 0 Å². The minimum atomic E-state index is 0.353. The van der Waals surface area contributed by atoms with E-state index in [4.69, 9.17) is 9.47 Å². The van der Waals surface area contributed by atoms with Crippen LogP contribution >= 0.6 is 0 Å². The zero-order valence-corrected chi connectivity index (χ0v) is 10.8. The largest absolute Gasteiger partial charge is 0.492 e. The van der Waals surface area contributed by atoms with Gasteiger partial charge in [0.15, 0.2) is 0 Å². The number of hydrogen-bond donors (Lipinski definition) is 1. The highest BCUT2D eigenvalue weighted by atomic mass is 16.5. The summed E-state index contributed by atoms with van der Waals surface area (Å²) in [4.78, 5) is 0. The summed E-state index contributed by atoms with van der Waals surface area (Å²) in [5, 5.41) is 3.41. The standard InChI is InChI=1S/C14H23NO2/c1-3-15-13(10-11-16-4-2)12-17-14-8-6-5-7-9-14/h5-9,13,15H,3-4,10-12H2,1-2H3. The van der Waals surface area contributed by atoms with Gasteiger partial charge in [0.05, 0.1) is 0 Å². The zero-order chi connectivity index (χ0) is 12.3. The Bertz CT molecular complexity index is 277. The molecule has 0 aromatic heterocycles. The summed E-state index contributed by atoms with van der Waals surface area (Å²) in [5.41, 5.74) is 0. The first-order valence-corrected chi connectivity index (χ1v) is 6.35. The molecule has 1 N–H and O–H groups in total. The van der Waals surface area contributed by atoms with Crippen LogP contribution in [-0.2, 0) is 4.74 Å². The predicted octanol–water partition coefficient (Wildman–Crippen LogP) is 2.47. The quantitative estimate of drug-likeness (QED) is 0.669. The molecule has 0 bridgehead atoms. The van der Waals surface area contributed by atoms with E-state index in [-0.39, 0.29) is 0 Å². The minimum Gasteiger partial charge on any atom is -0.492 e. The molecule has 1 aromatic rings. The molecule has 17 heavy (non-hydrogen) atoms. The molecule has 1 unspecified atom stereocenters. The van der Waals surface area contributed by atoms with Gasteiger partial charge in [-0.2, -0.15) is 0 Å². The third kappa shape index (κ3) is 6.29. The van der Waals surface area contributed by atoms with Gasteiger partial charge >= 0.3 is 0 Å². The molecule has 0 saturated heterocycles. The fourth-order valence-electron chi connectivity index (χ4n) is 1.62. The number of nitrogens with one attached hydrogen (secondary N) is 1. The number of likely N-dealkylation sites (N-methyl/N-ethyl adjacent to an activating group) is 1. The molecular weight excluding hydrogens is 214 g/mol. The lowest BCUT2D eigenvalue weighted by Gasteiger charge is -2.18. The lowest BCUT2D eigenvalue weighted by Crippen LogP contribution is -2.35. The maximum Gasteiger partial charge on any atom is 0.119 e. The van der Waals surface area contributed by atoms with Crippen LogP contribution in [0.15, 0.2) is 30.3 Å². The molecule has 0 spiro atoms. The summed E-state index contributed by atoms with van der Waals surface area (Å²) in [6.45, 7) is 7.32. The van der Waals surface area contributed by atoms with Crippen molar-refractivity contribution in [3.05, 3.63) is 30.3 Å². The van der Waals surface area contributed by atoms with Crippen LogP contribution in [-0.4, -0.2) is 32.4 Å². The molecule has 0 aliphatic heterocycles. The van der Waals surface area contributed by atoms with Crippen LogP contribution in [0.2, 0.25) is 0 Å². The molecule has 0 heterocycles. The second-order valence-electron chi connectivity index (χ2n) is 3.86. The van der Waals surface area contributed by atoms with E-state index in [1.807, 2.05) is 37.3 Å². The molecule has 0 aliphatic carbocycles. The van der Waals surface area contributed by atoms with E-state index in [1.165, 1.54) is 0 Å². The van der Waals surface area contributed by atoms with Crippen molar-refractivity contribution in [2.24, 2.45) is 0 Å². The predicted molar refractivity (Wildman–Crippen MR) is 70.5 cm³/mol. The summed E-state index contributed by atoms with van der Waals surface area (Å²) in [6.07, 6.45) is 0.981. The van der Waals surface area contributed by atoms with E-state index < -0.39 is 0 Å². The van der Waals surface area contributed by atoms with Gasteiger partial charge in [-0.25, -0.2) is 0 Å². The Morgan fingerprint density at radius 1 is 1.18 bits per heavy atom. The lowest BCUT2D eigenvalue weighted by molar-refractivity contribution is 0.127. The Morgan fingerprint density at radius 2 is 1.94 bits per heavy atom. The van der Waals surface area contributed by atoms with Crippen LogP contribution in [0.3, 0.4) is 0 Å². The molecule has 0 radical (unpaired) electrons. The topological polar surface area (TPSA) is 30.5 Å². The highest BCUT2D eigenvalue weighted by Crippen LogP contribution is 2.09. The highest BCUT2D eigenvalue weighted by Gasteiger charge is 2.07. The molecule has 0 saturated carbocycles. The molecular formula is C14H23NO2. The summed E-state index contributed by atoms with van der Waals surface area (Å²) in [7, 11) is 0. The zero-order valence-electron chi connectivity index (χ0n) is 10.8. The SMILES string of the molecule is CCNC(CCOCC)COc1ccccc1. The fourth-order valence-corrected chi connectivity index (χ4v) is 1.62. The Hall–Kier alpha value is -1.06. The van der Waals surface area contributed by atoms with Crippen molar-refractivity contribution in [3.8, 4) is 5.75 Å². The summed E-state index contributed by atoms with van der Waals surface area (Å²) in [6, 6.07) is 10.3. The summed E-state index contributed by atoms with van der Waals surface area (Å²) in [5.74, 6) is 0.923. The van der Waals surface area contributed by atoms with E-state index in [0.717, 1.165) is 31.9 Å². The average Bonchev–Trinajstić information content (AvgIpc) is 2.37. The molecule has 0 fully saturated rings. The van der Waals surface area contributed by atoms with Crippen molar-refractivity contribution in [2.75, 3.05) is 26.4 Å². The van der Waals surface area contributed by atoms with Gasteiger partial charge in [-0.1, -0.05) is 25.1 Å². The number of para-hydroxylation sites is 1. The third-order valence-corrected chi connectivity index (χ3v) is 2.50. The van der Waals surface area contributed by atoms with Gasteiger partial charge in [0, 0.05) is 19.3 Å². The highest BCUT2D eigenvalue weighted by molar-refractivity contribution is 5.20. The van der Waals surface area contributed by atoms with Crippen LogP contribution in [0, 0.1) is 0 Å². The molecule has 1 aromatic carbocycles. The second-order valence-corrected chi connectivity index (χ2v) is 3.86. The van der Waals surface area contributed by atoms with Crippen LogP contribution in [0.25, 0.3) is 0 Å². The van der Waals surface area contributed by atoms with E-state index in [0.29, 0.717) is 12.6 Å². The van der Waals surface area contributed by atoms with E-state index in [1.54, 1.807) is 0 Å². The minimum absolute atomic E-state index is 0.353. The number of ether oxygens (including phenoxy) is 2. The van der Waals surface area contributed by atoms with Gasteiger partial charge in [-0.3, -0.25) is 0 Å². The van der Waals surface area contributed by atoms with Crippen LogP contribution < -0.4 is 10.1 Å². The maximum absolute atomic E-state index is 5.73. The fraction of sp³-hybridized carbons (Fsp3) is 0.571. The van der Waals surface area contributed by atoms with E-state index in [9.17, 15) is 0 Å². The average molecular weight is 237 g/mol. The van der Waals surface area contributed by atoms with Crippen LogP contribution in [0.1, 0.15) is 20.3 Å². The first-order valence-electron chi connectivity index (χ1n) is 6.35. The molecule has 0 amide bonds. The van der Waals surface area contributed by atoms with E-state index in [2.05, 4.69) is 12.2 Å². The van der Waals surface area contributed by atoms with Gasteiger partial charge in [0.1, 0.15) is 12.4 Å². The van der Waals surface area contributed by atoms with Crippen molar-refractivity contribution in [1.29, 1.82) is 0 Å². The monoisotopic (exact) mass is 237 g/mol. The molecule has 1 rings (SSSR count). The van der Waals surface area contributed by atoms with Crippen molar-refractivity contribution >= 4 is 0 Å². The van der Waals surface area contributed by atoms with Crippen molar-refractivity contribution in [2.45, 2.75) is 26.3 Å². The van der Waals surface area contributed by atoms with Crippen LogP contribution in [0.4, 0.5) is 0 Å². The summed E-state index contributed by atoms with van der Waals surface area (Å²) >= 11 is 0. The number of rotatable bonds is 9. The van der Waals surface area contributed by atoms with Gasteiger partial charge < -0.3 is 14.8 Å². The van der Waals surface area contributed by atoms with Gasteiger partial charge in [-0.05, 0) is 32.0 Å². The number of hydrogen-bond acceptors (Lipinski definition) is 3. The Labute approximate surface area is 104 Å². The molecule has 96 valence electrons. The molecule has 3 nitrogen and oxygen atoms in total. The Morgan fingerprint density at radius 3 is 2.59 bits per heavy atom. The normalized spacial score (nSPS) is 12.4. The van der Waals surface area contributed by atoms with E-state index >= 15 is 0 Å². The lowest BCUT2D eigenvalue weighted by atomic mass is 10.2.